The van der Waals surface area contributed by atoms with Crippen LogP contribution in [-0.2, 0) is 30.8 Å². The largest absolute Gasteiger partial charge is 0.384 e. The smallest absolute Gasteiger partial charge is 0.167 e. The third kappa shape index (κ3) is 5.36. The van der Waals surface area contributed by atoms with Crippen molar-refractivity contribution in [1.29, 1.82) is 0 Å². The van der Waals surface area contributed by atoms with Gasteiger partial charge in [0.2, 0.25) is 0 Å². The number of imidazole rings is 2. The Morgan fingerprint density at radius 2 is 1.95 bits per heavy atom. The second-order valence-corrected chi connectivity index (χ2v) is 13.9. The van der Waals surface area contributed by atoms with Crippen molar-refractivity contribution in [2.45, 2.75) is 95.2 Å². The highest BCUT2D eigenvalue weighted by Gasteiger charge is 2.56. The summed E-state index contributed by atoms with van der Waals surface area (Å²) in [6.45, 7) is 9.75. The van der Waals surface area contributed by atoms with Crippen LogP contribution in [0.25, 0.3) is 22.2 Å². The fraction of sp³-hybridized carbons (Fsp3) is 0.625. The molecule has 4 atom stereocenters. The number of likely N-dealkylation sites (N-methyl/N-ethyl adjacent to an activating group) is 1. The van der Waals surface area contributed by atoms with Crippen molar-refractivity contribution >= 4 is 28.0 Å². The predicted molar refractivity (Wildman–Crippen MR) is 166 cm³/mol. The zero-order chi connectivity index (χ0) is 30.8. The van der Waals surface area contributed by atoms with E-state index in [1.54, 1.807) is 13.4 Å². The van der Waals surface area contributed by atoms with Crippen LogP contribution in [0.2, 0.25) is 0 Å². The van der Waals surface area contributed by atoms with Gasteiger partial charge in [0.15, 0.2) is 23.5 Å². The minimum atomic E-state index is -0.696. The van der Waals surface area contributed by atoms with Crippen molar-refractivity contribution in [3.05, 3.63) is 42.2 Å². The molecule has 12 nitrogen and oxygen atoms in total. The monoisotopic (exact) mass is 604 g/mol. The average molecular weight is 605 g/mol. The summed E-state index contributed by atoms with van der Waals surface area (Å²) in [6, 6.07) is 7.02. The summed E-state index contributed by atoms with van der Waals surface area (Å²) in [7, 11) is 3.94. The summed E-state index contributed by atoms with van der Waals surface area (Å²) in [6.07, 6.45) is 6.53. The third-order valence-electron chi connectivity index (χ3n) is 9.70. The molecule has 3 N–H and O–H groups in total. The van der Waals surface area contributed by atoms with E-state index in [4.69, 9.17) is 29.7 Å². The highest BCUT2D eigenvalue weighted by Crippen LogP contribution is 2.45. The first-order chi connectivity index (χ1) is 21.0. The lowest BCUT2D eigenvalue weighted by Gasteiger charge is -2.42. The molecule has 1 aromatic carbocycles. The first-order valence-corrected chi connectivity index (χ1v) is 15.6. The van der Waals surface area contributed by atoms with Crippen molar-refractivity contribution in [2.75, 3.05) is 33.0 Å². The van der Waals surface area contributed by atoms with Crippen molar-refractivity contribution in [3.63, 3.8) is 0 Å². The molecule has 1 saturated carbocycles. The molecule has 0 amide bonds. The number of rotatable bonds is 10. The number of ether oxygens (including phenoxy) is 4. The van der Waals surface area contributed by atoms with E-state index in [-0.39, 0.29) is 23.7 Å². The zero-order valence-corrected chi connectivity index (χ0v) is 26.5. The van der Waals surface area contributed by atoms with E-state index in [9.17, 15) is 0 Å². The number of hydrogen-bond acceptors (Lipinski definition) is 10. The summed E-state index contributed by atoms with van der Waals surface area (Å²) >= 11 is 0. The Hall–Kier alpha value is -3.16. The maximum absolute atomic E-state index is 6.62. The molecule has 3 fully saturated rings. The van der Waals surface area contributed by atoms with Gasteiger partial charge in [-0.3, -0.25) is 4.57 Å². The minimum absolute atomic E-state index is 0.0446. The van der Waals surface area contributed by atoms with Gasteiger partial charge in [0.05, 0.1) is 24.0 Å². The Bertz CT molecular complexity index is 1640. The van der Waals surface area contributed by atoms with Crippen molar-refractivity contribution in [1.82, 2.24) is 34.4 Å². The van der Waals surface area contributed by atoms with E-state index < -0.39 is 12.0 Å². The SMILES string of the molecule is COCC(C)(C)c1ccc2nc(CCC3CC(N(C)C[C@H]4O[C@@H](n5cnc6c(N)ncnc65)[C@@H]5OC(C)(C)O[C@@H]54)C3)[nH]c2c1. The molecule has 3 aromatic heterocycles. The van der Waals surface area contributed by atoms with Crippen molar-refractivity contribution in [2.24, 2.45) is 5.92 Å². The summed E-state index contributed by atoms with van der Waals surface area (Å²) < 4.78 is 26.7. The quantitative estimate of drug-likeness (QED) is 0.273. The van der Waals surface area contributed by atoms with E-state index in [0.717, 1.165) is 36.2 Å². The van der Waals surface area contributed by atoms with Gasteiger partial charge in [0, 0.05) is 31.5 Å². The Balaban J connectivity index is 0.954. The van der Waals surface area contributed by atoms with Crippen LogP contribution in [0.3, 0.4) is 0 Å². The number of nitrogens with zero attached hydrogens (tertiary/aromatic N) is 6. The molecule has 4 aromatic rings. The molecule has 0 radical (unpaired) electrons. The Morgan fingerprint density at radius 1 is 1.16 bits per heavy atom. The summed E-state index contributed by atoms with van der Waals surface area (Å²) in [5, 5.41) is 0. The maximum atomic E-state index is 6.62. The third-order valence-corrected chi connectivity index (χ3v) is 9.70. The molecule has 44 heavy (non-hydrogen) atoms. The highest BCUT2D eigenvalue weighted by molar-refractivity contribution is 5.81. The number of nitrogens with one attached hydrogen (secondary N) is 1. The van der Waals surface area contributed by atoms with E-state index in [2.05, 4.69) is 63.9 Å². The molecule has 0 bridgehead atoms. The Labute approximate surface area is 257 Å². The molecule has 2 aliphatic heterocycles. The summed E-state index contributed by atoms with van der Waals surface area (Å²) in [5.41, 5.74) is 10.6. The van der Waals surface area contributed by atoms with Crippen molar-refractivity contribution in [3.8, 4) is 0 Å². The number of nitrogen functional groups attached to an aromatic ring is 1. The van der Waals surface area contributed by atoms with Crippen LogP contribution in [-0.4, -0.2) is 91.8 Å². The molecular weight excluding hydrogens is 560 g/mol. The molecule has 2 saturated heterocycles. The molecule has 3 aliphatic rings. The maximum Gasteiger partial charge on any atom is 0.167 e. The summed E-state index contributed by atoms with van der Waals surface area (Å²) in [4.78, 5) is 23.8. The van der Waals surface area contributed by atoms with Gasteiger partial charge < -0.3 is 34.6 Å². The fourth-order valence-corrected chi connectivity index (χ4v) is 7.20. The van der Waals surface area contributed by atoms with Gasteiger partial charge in [0.25, 0.3) is 0 Å². The number of H-pyrrole nitrogens is 1. The number of anilines is 1. The normalized spacial score (nSPS) is 28.2. The number of fused-ring (bicyclic) bond motifs is 3. The molecule has 1 aliphatic carbocycles. The van der Waals surface area contributed by atoms with Crippen molar-refractivity contribution < 1.29 is 18.9 Å². The van der Waals surface area contributed by atoms with Gasteiger partial charge in [-0.25, -0.2) is 19.9 Å². The number of aryl methyl sites for hydroxylation is 1. The minimum Gasteiger partial charge on any atom is -0.384 e. The van der Waals surface area contributed by atoms with E-state index in [1.807, 2.05) is 18.4 Å². The lowest BCUT2D eigenvalue weighted by molar-refractivity contribution is -0.198. The lowest BCUT2D eigenvalue weighted by Crippen LogP contribution is -2.48. The van der Waals surface area contributed by atoms with Gasteiger partial charge in [0.1, 0.15) is 36.0 Å². The number of nitrogens with two attached hydrogens (primary N) is 1. The van der Waals surface area contributed by atoms with Crippen LogP contribution in [0, 0.1) is 5.92 Å². The van der Waals surface area contributed by atoms with Gasteiger partial charge in [-0.15, -0.1) is 0 Å². The lowest BCUT2D eigenvalue weighted by atomic mass is 9.76. The number of hydrogen-bond donors (Lipinski definition) is 2. The summed E-state index contributed by atoms with van der Waals surface area (Å²) in [5.74, 6) is 1.40. The van der Waals surface area contributed by atoms with E-state index in [0.29, 0.717) is 35.5 Å². The second kappa shape index (κ2) is 11.0. The molecule has 0 unspecified atom stereocenters. The highest BCUT2D eigenvalue weighted by atomic mass is 16.8. The first kappa shape index (κ1) is 29.5. The molecule has 12 heteroatoms. The van der Waals surface area contributed by atoms with Gasteiger partial charge >= 0.3 is 0 Å². The van der Waals surface area contributed by atoms with Gasteiger partial charge in [-0.2, -0.15) is 0 Å². The molecule has 5 heterocycles. The van der Waals surface area contributed by atoms with Crippen LogP contribution < -0.4 is 5.73 Å². The average Bonchev–Trinajstić information content (AvgIpc) is 3.69. The molecule has 0 spiro atoms. The van der Waals surface area contributed by atoms with Crippen LogP contribution in [0.15, 0.2) is 30.9 Å². The van der Waals surface area contributed by atoms with E-state index >= 15 is 0 Å². The van der Waals surface area contributed by atoms with Gasteiger partial charge in [-0.05, 0) is 63.8 Å². The topological polar surface area (TPSA) is 138 Å². The fourth-order valence-electron chi connectivity index (χ4n) is 7.20. The van der Waals surface area contributed by atoms with E-state index in [1.165, 1.54) is 24.7 Å². The Morgan fingerprint density at radius 3 is 2.75 bits per heavy atom. The molecule has 236 valence electrons. The number of aromatic amines is 1. The predicted octanol–water partition coefficient (Wildman–Crippen LogP) is 3.97. The van der Waals surface area contributed by atoms with Crippen LogP contribution in [0.1, 0.15) is 64.6 Å². The van der Waals surface area contributed by atoms with Gasteiger partial charge in [-0.1, -0.05) is 19.9 Å². The second-order valence-electron chi connectivity index (χ2n) is 13.9. The van der Waals surface area contributed by atoms with Crippen LogP contribution in [0.5, 0.6) is 0 Å². The number of aromatic nitrogens is 6. The Kier molecular flexibility index (Phi) is 7.40. The first-order valence-electron chi connectivity index (χ1n) is 15.6. The van der Waals surface area contributed by atoms with Crippen LogP contribution >= 0.6 is 0 Å². The molecular formula is C32H44N8O4. The van der Waals surface area contributed by atoms with Crippen LogP contribution in [0.4, 0.5) is 5.82 Å². The standard InChI is InChI=1S/C32H44N8O4/c1-31(2,15-41-6)19-8-9-21-22(13-19)38-24(37-21)10-7-18-11-20(12-18)39(5)14-23-26-27(44-32(3,4)43-26)30(42-23)40-17-36-25-28(33)34-16-35-29(25)40/h8-9,13,16-18,20,23,26-27,30H,7,10-12,14-15H2,1-6H3,(H,37,38)(H2,33,34,35)/t18?,20?,23-,26-,27-,30-/m1/s1. The number of benzene rings is 1. The molecule has 7 rings (SSSR count). The number of methoxy groups -OCH3 is 1. The zero-order valence-electron chi connectivity index (χ0n) is 26.5.